The minimum absolute atomic E-state index is 0.0369. The molecule has 0 aromatic carbocycles. The van der Waals surface area contributed by atoms with Crippen LogP contribution >= 0.6 is 0 Å². The Labute approximate surface area is 85.4 Å². The van der Waals surface area contributed by atoms with Crippen LogP contribution in [0.1, 0.15) is 27.7 Å². The lowest BCUT2D eigenvalue weighted by Crippen LogP contribution is -2.60. The largest absolute Gasteiger partial charge is 0.359 e. The summed E-state index contributed by atoms with van der Waals surface area (Å²) in [5.41, 5.74) is 4.84. The lowest BCUT2D eigenvalue weighted by atomic mass is 10.0. The van der Waals surface area contributed by atoms with Crippen LogP contribution in [0.25, 0.3) is 0 Å². The van der Waals surface area contributed by atoms with E-state index in [2.05, 4.69) is 0 Å². The van der Waals surface area contributed by atoms with Crippen LogP contribution in [0.3, 0.4) is 0 Å². The summed E-state index contributed by atoms with van der Waals surface area (Å²) < 4.78 is 5.60. The Morgan fingerprint density at radius 1 is 1.64 bits per heavy atom. The molecular formula is C10H20N2O2. The van der Waals surface area contributed by atoms with E-state index in [1.807, 2.05) is 18.7 Å². The van der Waals surface area contributed by atoms with E-state index in [4.69, 9.17) is 10.5 Å². The molecule has 1 aliphatic rings. The van der Waals surface area contributed by atoms with E-state index in [0.29, 0.717) is 13.1 Å². The maximum absolute atomic E-state index is 11.9. The first-order chi connectivity index (χ1) is 6.38. The predicted molar refractivity (Wildman–Crippen MR) is 54.9 cm³/mol. The molecule has 2 N–H and O–H groups in total. The molecule has 0 bridgehead atoms. The number of morpholine rings is 1. The van der Waals surface area contributed by atoms with E-state index in [0.717, 1.165) is 0 Å². The molecular weight excluding hydrogens is 180 g/mol. The van der Waals surface area contributed by atoms with E-state index < -0.39 is 5.60 Å². The van der Waals surface area contributed by atoms with Crippen LogP contribution in [0.4, 0.5) is 0 Å². The SMILES string of the molecule is CC(C)N1CC(CN)OC(C)(C)C1=O. The maximum atomic E-state index is 11.9. The van der Waals surface area contributed by atoms with Crippen molar-refractivity contribution in [3.63, 3.8) is 0 Å². The zero-order valence-electron chi connectivity index (χ0n) is 9.41. The van der Waals surface area contributed by atoms with Gasteiger partial charge in [0.05, 0.1) is 6.10 Å². The number of amides is 1. The third kappa shape index (κ3) is 2.07. The van der Waals surface area contributed by atoms with E-state index >= 15 is 0 Å². The Kier molecular flexibility index (Phi) is 3.17. The molecule has 1 saturated heterocycles. The molecule has 0 saturated carbocycles. The van der Waals surface area contributed by atoms with Crippen LogP contribution in [0.5, 0.6) is 0 Å². The van der Waals surface area contributed by atoms with Crippen LogP contribution in [0.2, 0.25) is 0 Å². The molecule has 4 heteroatoms. The second kappa shape index (κ2) is 3.87. The third-order valence-electron chi connectivity index (χ3n) is 2.52. The van der Waals surface area contributed by atoms with Gasteiger partial charge in [-0.2, -0.15) is 0 Å². The van der Waals surface area contributed by atoms with Gasteiger partial charge in [0.2, 0.25) is 0 Å². The van der Waals surface area contributed by atoms with Gasteiger partial charge < -0.3 is 15.4 Å². The maximum Gasteiger partial charge on any atom is 0.254 e. The first-order valence-corrected chi connectivity index (χ1v) is 5.07. The van der Waals surface area contributed by atoms with Crippen LogP contribution in [0, 0.1) is 0 Å². The van der Waals surface area contributed by atoms with E-state index in [-0.39, 0.29) is 18.1 Å². The minimum atomic E-state index is -0.730. The van der Waals surface area contributed by atoms with Crippen molar-refractivity contribution in [1.82, 2.24) is 4.90 Å². The number of nitrogens with two attached hydrogens (primary N) is 1. The minimum Gasteiger partial charge on any atom is -0.359 e. The fourth-order valence-corrected chi connectivity index (χ4v) is 1.72. The van der Waals surface area contributed by atoms with Crippen molar-refractivity contribution in [3.8, 4) is 0 Å². The summed E-state index contributed by atoms with van der Waals surface area (Å²) in [5.74, 6) is 0.0530. The molecule has 0 aromatic heterocycles. The van der Waals surface area contributed by atoms with Gasteiger partial charge >= 0.3 is 0 Å². The van der Waals surface area contributed by atoms with Crippen molar-refractivity contribution in [3.05, 3.63) is 0 Å². The number of hydrogen-bond acceptors (Lipinski definition) is 3. The zero-order chi connectivity index (χ0) is 10.9. The summed E-state index contributed by atoms with van der Waals surface area (Å²) >= 11 is 0. The topological polar surface area (TPSA) is 55.6 Å². The first-order valence-electron chi connectivity index (χ1n) is 5.07. The summed E-state index contributed by atoms with van der Waals surface area (Å²) in [5, 5.41) is 0. The van der Waals surface area contributed by atoms with Crippen molar-refractivity contribution in [1.29, 1.82) is 0 Å². The van der Waals surface area contributed by atoms with Gasteiger partial charge in [-0.05, 0) is 27.7 Å². The first kappa shape index (κ1) is 11.5. The molecule has 0 aliphatic carbocycles. The molecule has 0 aromatic rings. The molecule has 1 unspecified atom stereocenters. The molecule has 1 amide bonds. The number of carbonyl (C=O) groups is 1. The summed E-state index contributed by atoms with van der Waals surface area (Å²) in [6.45, 7) is 8.68. The monoisotopic (exact) mass is 200 g/mol. The molecule has 4 nitrogen and oxygen atoms in total. The molecule has 82 valence electrons. The van der Waals surface area contributed by atoms with Crippen LogP contribution in [-0.2, 0) is 9.53 Å². The van der Waals surface area contributed by atoms with Crippen molar-refractivity contribution in [2.75, 3.05) is 13.1 Å². The highest BCUT2D eigenvalue weighted by Gasteiger charge is 2.41. The van der Waals surface area contributed by atoms with Gasteiger partial charge in [-0.3, -0.25) is 4.79 Å². The number of carbonyl (C=O) groups excluding carboxylic acids is 1. The van der Waals surface area contributed by atoms with Gasteiger partial charge in [-0.1, -0.05) is 0 Å². The Morgan fingerprint density at radius 2 is 2.21 bits per heavy atom. The fraction of sp³-hybridized carbons (Fsp3) is 0.900. The molecule has 14 heavy (non-hydrogen) atoms. The smallest absolute Gasteiger partial charge is 0.254 e. The van der Waals surface area contributed by atoms with Crippen molar-refractivity contribution in [2.24, 2.45) is 5.73 Å². The Balaban J connectivity index is 2.82. The highest BCUT2D eigenvalue weighted by atomic mass is 16.5. The van der Waals surface area contributed by atoms with Gasteiger partial charge in [0.25, 0.3) is 5.91 Å². The summed E-state index contributed by atoms with van der Waals surface area (Å²) in [7, 11) is 0. The van der Waals surface area contributed by atoms with Crippen molar-refractivity contribution >= 4 is 5.91 Å². The molecule has 1 atom stereocenters. The normalized spacial score (nSPS) is 27.1. The molecule has 1 rings (SSSR count). The van der Waals surface area contributed by atoms with Crippen molar-refractivity contribution in [2.45, 2.75) is 45.4 Å². The van der Waals surface area contributed by atoms with Gasteiger partial charge in [-0.25, -0.2) is 0 Å². The Hall–Kier alpha value is -0.610. The highest BCUT2D eigenvalue weighted by molar-refractivity contribution is 5.85. The predicted octanol–water partition coefficient (Wildman–Crippen LogP) is 0.359. The molecule has 0 radical (unpaired) electrons. The Bertz CT molecular complexity index is 226. The summed E-state index contributed by atoms with van der Waals surface area (Å²) in [4.78, 5) is 13.7. The number of hydrogen-bond donors (Lipinski definition) is 1. The standard InChI is InChI=1S/C10H20N2O2/c1-7(2)12-6-8(5-11)14-10(3,4)9(12)13/h7-8H,5-6,11H2,1-4H3. The quantitative estimate of drug-likeness (QED) is 0.700. The average molecular weight is 200 g/mol. The van der Waals surface area contributed by atoms with E-state index in [1.54, 1.807) is 13.8 Å². The highest BCUT2D eigenvalue weighted by Crippen LogP contribution is 2.23. The van der Waals surface area contributed by atoms with Crippen LogP contribution in [0.15, 0.2) is 0 Å². The fourth-order valence-electron chi connectivity index (χ4n) is 1.72. The zero-order valence-corrected chi connectivity index (χ0v) is 9.41. The van der Waals surface area contributed by atoms with E-state index in [1.165, 1.54) is 0 Å². The van der Waals surface area contributed by atoms with Gasteiger partial charge in [-0.15, -0.1) is 0 Å². The number of nitrogens with zero attached hydrogens (tertiary/aromatic N) is 1. The lowest BCUT2D eigenvalue weighted by Gasteiger charge is -2.43. The third-order valence-corrected chi connectivity index (χ3v) is 2.52. The van der Waals surface area contributed by atoms with Crippen molar-refractivity contribution < 1.29 is 9.53 Å². The molecule has 1 heterocycles. The molecule has 1 fully saturated rings. The number of rotatable bonds is 2. The van der Waals surface area contributed by atoms with Gasteiger partial charge in [0.1, 0.15) is 5.60 Å². The lowest BCUT2D eigenvalue weighted by molar-refractivity contribution is -0.180. The molecule has 0 spiro atoms. The summed E-state index contributed by atoms with van der Waals surface area (Å²) in [6, 6.07) is 0.208. The summed E-state index contributed by atoms with van der Waals surface area (Å²) in [6.07, 6.45) is -0.0369. The second-order valence-corrected chi connectivity index (χ2v) is 4.54. The molecule has 1 aliphatic heterocycles. The number of ether oxygens (including phenoxy) is 1. The average Bonchev–Trinajstić information content (AvgIpc) is 2.08. The van der Waals surface area contributed by atoms with Crippen LogP contribution < -0.4 is 5.73 Å². The second-order valence-electron chi connectivity index (χ2n) is 4.54. The van der Waals surface area contributed by atoms with Gasteiger partial charge in [0, 0.05) is 19.1 Å². The van der Waals surface area contributed by atoms with Gasteiger partial charge in [0.15, 0.2) is 0 Å². The van der Waals surface area contributed by atoms with Crippen LogP contribution in [-0.4, -0.2) is 41.6 Å². The Morgan fingerprint density at radius 3 is 2.64 bits per heavy atom. The van der Waals surface area contributed by atoms with E-state index in [9.17, 15) is 4.79 Å².